The second kappa shape index (κ2) is 6.13. The van der Waals surface area contributed by atoms with Crippen LogP contribution in [0.4, 0.5) is 5.69 Å². The fraction of sp³-hybridized carbons (Fsp3) is 0.143. The summed E-state index contributed by atoms with van der Waals surface area (Å²) in [7, 11) is -3.93. The molecule has 5 N–H and O–H groups in total. The second-order valence-corrected chi connectivity index (χ2v) is 6.00. The summed E-state index contributed by atoms with van der Waals surface area (Å²) in [5.41, 5.74) is 6.81. The van der Waals surface area contributed by atoms with Crippen molar-refractivity contribution in [1.29, 1.82) is 0 Å². The van der Waals surface area contributed by atoms with E-state index < -0.39 is 10.0 Å². The third-order valence-corrected chi connectivity index (χ3v) is 3.76. The summed E-state index contributed by atoms with van der Waals surface area (Å²) < 4.78 is 28.6. The van der Waals surface area contributed by atoms with E-state index >= 15 is 0 Å². The number of primary sulfonamides is 1. The lowest BCUT2D eigenvalue weighted by Gasteiger charge is -2.11. The number of hydrogen-bond acceptors (Lipinski definition) is 5. The molecule has 2 aromatic carbocycles. The van der Waals surface area contributed by atoms with Crippen LogP contribution < -0.4 is 15.6 Å². The number of aliphatic hydroxyl groups is 1. The summed E-state index contributed by atoms with van der Waals surface area (Å²) >= 11 is 0. The van der Waals surface area contributed by atoms with E-state index in [1.165, 1.54) is 18.2 Å². The van der Waals surface area contributed by atoms with Gasteiger partial charge in [0.15, 0.2) is 0 Å². The molecule has 0 aromatic heterocycles. The summed E-state index contributed by atoms with van der Waals surface area (Å²) in [4.78, 5) is -0.165. The summed E-state index contributed by atoms with van der Waals surface area (Å²) in [6.07, 6.45) is 0.546. The van der Waals surface area contributed by atoms with Crippen LogP contribution in [0.25, 0.3) is 0 Å². The molecular formula is C14H16N2O4S. The van der Waals surface area contributed by atoms with Crippen LogP contribution in [0.5, 0.6) is 11.5 Å². The maximum atomic E-state index is 11.5. The summed E-state index contributed by atoms with van der Waals surface area (Å²) in [5, 5.41) is 14.0. The average molecular weight is 308 g/mol. The lowest BCUT2D eigenvalue weighted by molar-refractivity contribution is 0.299. The lowest BCUT2D eigenvalue weighted by Crippen LogP contribution is -2.13. The van der Waals surface area contributed by atoms with Gasteiger partial charge in [-0.2, -0.15) is 0 Å². The molecule has 2 rings (SSSR count). The summed E-state index contributed by atoms with van der Waals surface area (Å²) in [6.45, 7) is 0.0632. The Balaban J connectivity index is 2.31. The maximum Gasteiger partial charge on any atom is 0.241 e. The van der Waals surface area contributed by atoms with Crippen molar-refractivity contribution < 1.29 is 18.3 Å². The average Bonchev–Trinajstić information content (AvgIpc) is 2.42. The molecule has 112 valence electrons. The molecule has 0 aliphatic heterocycles. The highest BCUT2D eigenvalue weighted by molar-refractivity contribution is 7.89. The van der Waals surface area contributed by atoms with Crippen molar-refractivity contribution in [2.45, 2.75) is 11.3 Å². The third kappa shape index (κ3) is 3.94. The van der Waals surface area contributed by atoms with E-state index in [1.54, 1.807) is 24.3 Å². The van der Waals surface area contributed by atoms with Crippen molar-refractivity contribution in [3.8, 4) is 11.5 Å². The number of aliphatic hydroxyl groups excluding tert-OH is 1. The van der Waals surface area contributed by atoms with Gasteiger partial charge in [0, 0.05) is 12.3 Å². The van der Waals surface area contributed by atoms with Crippen molar-refractivity contribution in [2.75, 3.05) is 12.3 Å². The predicted molar refractivity (Wildman–Crippen MR) is 79.5 cm³/mol. The highest BCUT2D eigenvalue weighted by atomic mass is 32.2. The van der Waals surface area contributed by atoms with Gasteiger partial charge in [-0.15, -0.1) is 0 Å². The monoisotopic (exact) mass is 308 g/mol. The van der Waals surface area contributed by atoms with Crippen molar-refractivity contribution in [2.24, 2.45) is 5.14 Å². The molecule has 0 heterocycles. The Morgan fingerprint density at radius 2 is 1.76 bits per heavy atom. The van der Waals surface area contributed by atoms with Gasteiger partial charge in [-0.25, -0.2) is 13.6 Å². The quantitative estimate of drug-likeness (QED) is 0.719. The smallest absolute Gasteiger partial charge is 0.241 e. The van der Waals surface area contributed by atoms with Gasteiger partial charge >= 0.3 is 0 Å². The van der Waals surface area contributed by atoms with Gasteiger partial charge in [-0.1, -0.05) is 12.1 Å². The molecule has 0 bridgehead atoms. The Hall–Kier alpha value is -2.09. The standard InChI is InChI=1S/C14H16N2O4S/c15-11-3-6-13(14(9-11)21(16,18)19)20-12-4-1-10(2-5-12)7-8-17/h1-6,9,17H,7-8,15H2,(H2,16,18,19). The number of anilines is 1. The van der Waals surface area contributed by atoms with Crippen LogP contribution in [-0.4, -0.2) is 20.1 Å². The van der Waals surface area contributed by atoms with Crippen LogP contribution >= 0.6 is 0 Å². The van der Waals surface area contributed by atoms with Crippen LogP contribution in [0, 0.1) is 0 Å². The molecule has 0 saturated carbocycles. The van der Waals surface area contributed by atoms with Crippen molar-refractivity contribution in [3.63, 3.8) is 0 Å². The molecule has 0 aliphatic rings. The Morgan fingerprint density at radius 3 is 2.33 bits per heavy atom. The first-order valence-electron chi connectivity index (χ1n) is 6.20. The van der Waals surface area contributed by atoms with Gasteiger partial charge in [-0.05, 0) is 42.3 Å². The first-order chi connectivity index (χ1) is 9.90. The number of hydrogen-bond donors (Lipinski definition) is 3. The van der Waals surface area contributed by atoms with E-state index in [1.807, 2.05) is 0 Å². The minimum absolute atomic E-state index is 0.0632. The van der Waals surface area contributed by atoms with Gasteiger partial charge in [0.1, 0.15) is 16.4 Å². The molecule has 0 spiro atoms. The van der Waals surface area contributed by atoms with Crippen molar-refractivity contribution in [1.82, 2.24) is 0 Å². The molecular weight excluding hydrogens is 292 g/mol. The van der Waals surface area contributed by atoms with Crippen LogP contribution in [0.1, 0.15) is 5.56 Å². The fourth-order valence-corrected chi connectivity index (χ4v) is 2.50. The van der Waals surface area contributed by atoms with Gasteiger partial charge < -0.3 is 15.6 Å². The van der Waals surface area contributed by atoms with E-state index in [2.05, 4.69) is 0 Å². The second-order valence-electron chi connectivity index (χ2n) is 4.47. The molecule has 0 atom stereocenters. The number of rotatable bonds is 5. The van der Waals surface area contributed by atoms with Crippen LogP contribution in [0.3, 0.4) is 0 Å². The molecule has 2 aromatic rings. The number of nitrogen functional groups attached to an aromatic ring is 1. The Morgan fingerprint density at radius 1 is 1.10 bits per heavy atom. The molecule has 0 amide bonds. The highest BCUT2D eigenvalue weighted by Gasteiger charge is 2.16. The molecule has 0 fully saturated rings. The Bertz CT molecular complexity index is 727. The lowest BCUT2D eigenvalue weighted by atomic mass is 10.1. The molecule has 21 heavy (non-hydrogen) atoms. The molecule has 0 unspecified atom stereocenters. The topological polar surface area (TPSA) is 116 Å². The van der Waals surface area contributed by atoms with Crippen molar-refractivity contribution in [3.05, 3.63) is 48.0 Å². The minimum atomic E-state index is -3.93. The number of ether oxygens (including phenoxy) is 1. The molecule has 6 nitrogen and oxygen atoms in total. The van der Waals surface area contributed by atoms with E-state index in [0.29, 0.717) is 12.2 Å². The zero-order valence-electron chi connectivity index (χ0n) is 11.2. The number of nitrogens with two attached hydrogens (primary N) is 2. The van der Waals surface area contributed by atoms with Crippen LogP contribution in [-0.2, 0) is 16.4 Å². The Kier molecular flexibility index (Phi) is 4.46. The number of benzene rings is 2. The van der Waals surface area contributed by atoms with Gasteiger partial charge in [0.25, 0.3) is 0 Å². The minimum Gasteiger partial charge on any atom is -0.456 e. The van der Waals surface area contributed by atoms with Crippen LogP contribution in [0.2, 0.25) is 0 Å². The molecule has 7 heteroatoms. The number of sulfonamides is 1. The van der Waals surface area contributed by atoms with Gasteiger partial charge in [0.05, 0.1) is 0 Å². The third-order valence-electron chi connectivity index (χ3n) is 2.83. The van der Waals surface area contributed by atoms with E-state index in [9.17, 15) is 8.42 Å². The summed E-state index contributed by atoms with van der Waals surface area (Å²) in [5.74, 6) is 0.577. The predicted octanol–water partition coefficient (Wildman–Crippen LogP) is 1.24. The van der Waals surface area contributed by atoms with Crippen molar-refractivity contribution >= 4 is 15.7 Å². The fourth-order valence-electron chi connectivity index (χ4n) is 1.81. The first-order valence-corrected chi connectivity index (χ1v) is 7.75. The normalized spacial score (nSPS) is 11.3. The Labute approximate surface area is 123 Å². The van der Waals surface area contributed by atoms with Gasteiger partial charge in [-0.3, -0.25) is 0 Å². The molecule has 0 saturated heterocycles. The molecule has 0 radical (unpaired) electrons. The van der Waals surface area contributed by atoms with E-state index in [0.717, 1.165) is 5.56 Å². The largest absolute Gasteiger partial charge is 0.456 e. The van der Waals surface area contributed by atoms with E-state index in [4.69, 9.17) is 20.7 Å². The zero-order chi connectivity index (χ0) is 15.5. The first kappa shape index (κ1) is 15.3. The summed E-state index contributed by atoms with van der Waals surface area (Å²) in [6, 6.07) is 11.2. The van der Waals surface area contributed by atoms with Crippen LogP contribution in [0.15, 0.2) is 47.4 Å². The highest BCUT2D eigenvalue weighted by Crippen LogP contribution is 2.29. The zero-order valence-corrected chi connectivity index (χ0v) is 12.0. The van der Waals surface area contributed by atoms with E-state index in [-0.39, 0.29) is 22.9 Å². The maximum absolute atomic E-state index is 11.5. The molecule has 0 aliphatic carbocycles. The van der Waals surface area contributed by atoms with Gasteiger partial charge in [0.2, 0.25) is 10.0 Å². The SMILES string of the molecule is Nc1ccc(Oc2ccc(CCO)cc2)c(S(N)(=O)=O)c1.